The molecule has 8 nitrogen and oxygen atoms in total. The second-order valence-electron chi connectivity index (χ2n) is 15.7. The molecule has 2 N–H and O–H groups in total. The first kappa shape index (κ1) is 55.8. The van der Waals surface area contributed by atoms with Crippen LogP contribution in [0.2, 0.25) is 0 Å². The predicted octanol–water partition coefficient (Wildman–Crippen LogP) is 14.9. The van der Waals surface area contributed by atoms with Crippen molar-refractivity contribution in [1.82, 2.24) is 0 Å². The van der Waals surface area contributed by atoms with Gasteiger partial charge in [0.05, 0.1) is 6.61 Å². The number of carbonyl (C=O) groups is 2. The maximum atomic E-state index is 12.5. The van der Waals surface area contributed by atoms with Crippen molar-refractivity contribution < 1.29 is 37.9 Å². The van der Waals surface area contributed by atoms with E-state index in [-0.39, 0.29) is 19.4 Å². The normalized spacial score (nSPS) is 13.0. The Balaban J connectivity index is 3.92. The van der Waals surface area contributed by atoms with Crippen molar-refractivity contribution in [2.45, 2.75) is 225 Å². The minimum Gasteiger partial charge on any atom is -0.462 e. The highest BCUT2D eigenvalue weighted by molar-refractivity contribution is 7.46. The second kappa shape index (κ2) is 44.3. The summed E-state index contributed by atoms with van der Waals surface area (Å²) in [6.07, 6.45) is 56.6. The summed E-state index contributed by atoms with van der Waals surface area (Å²) < 4.78 is 26.5. The molecule has 0 unspecified atom stereocenters. The molecule has 0 bridgehead atoms. The number of carbonyl (C=O) groups excluding carboxylic acids is 2. The van der Waals surface area contributed by atoms with Crippen LogP contribution in [0.25, 0.3) is 0 Å². The van der Waals surface area contributed by atoms with Gasteiger partial charge in [0.2, 0.25) is 0 Å². The summed E-state index contributed by atoms with van der Waals surface area (Å²) in [5, 5.41) is 0. The standard InChI is InChI=1S/C49H87O8P/c1-3-5-7-9-11-13-15-17-19-21-23-24-26-28-30-32-34-36-38-40-42-44-49(51)57-47(46-56-58(52,53)54)45-55-48(50)43-41-39-37-35-33-31-29-27-25-22-20-18-16-14-12-10-8-6-4-2/h12,14,17-20,25,27,31,33,47H,3-11,13,15-16,21-24,26,28-30,32,34-46H2,1-2H3,(H2,52,53,54)/b14-12+,19-17+,20-18+,27-25+,33-31+/t47-/m1/s1. The Morgan fingerprint density at radius 1 is 0.448 bits per heavy atom. The van der Waals surface area contributed by atoms with Gasteiger partial charge in [-0.15, -0.1) is 0 Å². The molecule has 0 rings (SSSR count). The Kier molecular flexibility index (Phi) is 42.6. The van der Waals surface area contributed by atoms with Gasteiger partial charge in [-0.2, -0.15) is 0 Å². The third-order valence-electron chi connectivity index (χ3n) is 10.0. The number of phosphoric acid groups is 1. The average Bonchev–Trinajstić information content (AvgIpc) is 3.20. The molecule has 0 saturated heterocycles. The van der Waals surface area contributed by atoms with Gasteiger partial charge in [-0.05, 0) is 83.5 Å². The minimum absolute atomic E-state index is 0.202. The Labute approximate surface area is 356 Å². The summed E-state index contributed by atoms with van der Waals surface area (Å²) in [4.78, 5) is 43.0. The lowest BCUT2D eigenvalue weighted by Gasteiger charge is -2.18. The van der Waals surface area contributed by atoms with E-state index in [9.17, 15) is 14.2 Å². The number of hydrogen-bond donors (Lipinski definition) is 2. The van der Waals surface area contributed by atoms with E-state index in [1.165, 1.54) is 122 Å². The maximum Gasteiger partial charge on any atom is 0.469 e. The summed E-state index contributed by atoms with van der Waals surface area (Å²) in [5.41, 5.74) is 0. The van der Waals surface area contributed by atoms with E-state index >= 15 is 0 Å². The van der Waals surface area contributed by atoms with Crippen LogP contribution in [0, 0.1) is 0 Å². The average molecular weight is 835 g/mol. The number of hydrogen-bond acceptors (Lipinski definition) is 6. The molecule has 0 spiro atoms. The third-order valence-corrected chi connectivity index (χ3v) is 10.5. The second-order valence-corrected chi connectivity index (χ2v) is 17.0. The van der Waals surface area contributed by atoms with E-state index < -0.39 is 32.5 Å². The van der Waals surface area contributed by atoms with Crippen molar-refractivity contribution >= 4 is 19.8 Å². The van der Waals surface area contributed by atoms with E-state index in [0.717, 1.165) is 57.8 Å². The van der Waals surface area contributed by atoms with Gasteiger partial charge in [-0.1, -0.05) is 184 Å². The van der Waals surface area contributed by atoms with Crippen LogP contribution < -0.4 is 0 Å². The lowest BCUT2D eigenvalue weighted by atomic mass is 10.0. The van der Waals surface area contributed by atoms with Crippen molar-refractivity contribution in [1.29, 1.82) is 0 Å². The van der Waals surface area contributed by atoms with Crippen molar-refractivity contribution in [2.75, 3.05) is 13.2 Å². The maximum absolute atomic E-state index is 12.5. The van der Waals surface area contributed by atoms with Crippen LogP contribution in [0.3, 0.4) is 0 Å². The summed E-state index contributed by atoms with van der Waals surface area (Å²) >= 11 is 0. The third kappa shape index (κ3) is 46.4. The molecule has 336 valence electrons. The van der Waals surface area contributed by atoms with Crippen molar-refractivity contribution in [3.05, 3.63) is 60.8 Å². The summed E-state index contributed by atoms with van der Waals surface area (Å²) in [6.45, 7) is 3.64. The van der Waals surface area contributed by atoms with Crippen LogP contribution in [0.1, 0.15) is 219 Å². The molecule has 58 heavy (non-hydrogen) atoms. The van der Waals surface area contributed by atoms with Crippen LogP contribution in [0.5, 0.6) is 0 Å². The lowest BCUT2D eigenvalue weighted by Crippen LogP contribution is -2.29. The van der Waals surface area contributed by atoms with Crippen LogP contribution in [-0.2, 0) is 28.2 Å². The van der Waals surface area contributed by atoms with Gasteiger partial charge in [0, 0.05) is 12.8 Å². The monoisotopic (exact) mass is 835 g/mol. The van der Waals surface area contributed by atoms with E-state index in [2.05, 4.69) is 79.1 Å². The molecule has 0 aliphatic heterocycles. The molecular weight excluding hydrogens is 748 g/mol. The smallest absolute Gasteiger partial charge is 0.462 e. The zero-order valence-electron chi connectivity index (χ0n) is 37.2. The number of allylic oxidation sites excluding steroid dienone is 10. The van der Waals surface area contributed by atoms with Gasteiger partial charge in [0.1, 0.15) is 6.61 Å². The van der Waals surface area contributed by atoms with E-state index in [1.807, 2.05) is 0 Å². The van der Waals surface area contributed by atoms with Gasteiger partial charge in [-0.3, -0.25) is 14.1 Å². The highest BCUT2D eigenvalue weighted by atomic mass is 31.2. The fourth-order valence-corrected chi connectivity index (χ4v) is 6.83. The first-order valence-corrected chi connectivity index (χ1v) is 25.1. The van der Waals surface area contributed by atoms with Gasteiger partial charge in [0.25, 0.3) is 0 Å². The Morgan fingerprint density at radius 3 is 1.22 bits per heavy atom. The Hall–Kier alpha value is -2.25. The fraction of sp³-hybridized carbons (Fsp3) is 0.755. The zero-order valence-corrected chi connectivity index (χ0v) is 38.1. The number of ether oxygens (including phenoxy) is 2. The molecule has 0 radical (unpaired) electrons. The topological polar surface area (TPSA) is 119 Å². The molecular formula is C49H87O8P. The Morgan fingerprint density at radius 2 is 0.776 bits per heavy atom. The molecule has 0 amide bonds. The first-order valence-electron chi connectivity index (χ1n) is 23.6. The molecule has 0 heterocycles. The molecule has 0 aliphatic rings. The summed E-state index contributed by atoms with van der Waals surface area (Å²) in [7, 11) is -4.77. The van der Waals surface area contributed by atoms with Gasteiger partial charge in [-0.25, -0.2) is 4.57 Å². The molecule has 0 aromatic carbocycles. The predicted molar refractivity (Wildman–Crippen MR) is 244 cm³/mol. The molecule has 0 aromatic heterocycles. The Bertz CT molecular complexity index is 1120. The fourth-order valence-electron chi connectivity index (χ4n) is 6.47. The molecule has 9 heteroatoms. The summed E-state index contributed by atoms with van der Waals surface area (Å²) in [5.74, 6) is -0.919. The number of rotatable bonds is 43. The van der Waals surface area contributed by atoms with Crippen molar-refractivity contribution in [2.24, 2.45) is 0 Å². The summed E-state index contributed by atoms with van der Waals surface area (Å²) in [6, 6.07) is 0. The van der Waals surface area contributed by atoms with Crippen molar-refractivity contribution in [3.8, 4) is 0 Å². The van der Waals surface area contributed by atoms with Crippen LogP contribution >= 0.6 is 7.82 Å². The van der Waals surface area contributed by atoms with E-state index in [0.29, 0.717) is 12.8 Å². The number of esters is 2. The van der Waals surface area contributed by atoms with Gasteiger partial charge >= 0.3 is 19.8 Å². The van der Waals surface area contributed by atoms with Crippen LogP contribution in [-0.4, -0.2) is 41.0 Å². The highest BCUT2D eigenvalue weighted by Gasteiger charge is 2.22. The van der Waals surface area contributed by atoms with Gasteiger partial charge < -0.3 is 19.3 Å². The van der Waals surface area contributed by atoms with Crippen LogP contribution in [0.15, 0.2) is 60.8 Å². The van der Waals surface area contributed by atoms with E-state index in [4.69, 9.17) is 19.3 Å². The van der Waals surface area contributed by atoms with E-state index in [1.54, 1.807) is 0 Å². The number of unbranched alkanes of at least 4 members (excludes halogenated alkanes) is 23. The molecule has 1 atom stereocenters. The first-order chi connectivity index (χ1) is 28.3. The van der Waals surface area contributed by atoms with Gasteiger partial charge in [0.15, 0.2) is 6.10 Å². The molecule has 0 aromatic rings. The highest BCUT2D eigenvalue weighted by Crippen LogP contribution is 2.36. The minimum atomic E-state index is -4.77. The largest absolute Gasteiger partial charge is 0.469 e. The molecule has 0 aliphatic carbocycles. The lowest BCUT2D eigenvalue weighted by molar-refractivity contribution is -0.161. The van der Waals surface area contributed by atoms with Crippen molar-refractivity contribution in [3.63, 3.8) is 0 Å². The number of phosphoric ester groups is 1. The molecule has 0 fully saturated rings. The quantitative estimate of drug-likeness (QED) is 0.0270. The van der Waals surface area contributed by atoms with Crippen LogP contribution in [0.4, 0.5) is 0 Å². The molecule has 0 saturated carbocycles. The SMILES string of the molecule is CCCCC/C=C/C/C=C/C/C=C/C/C=C/CCCCCC(=O)OC[C@H](COP(=O)(O)O)OC(=O)CCCCCCCCCCCCC/C=C/CCCCCCCC. The zero-order chi connectivity index (χ0) is 42.5.